The zero-order valence-electron chi connectivity index (χ0n) is 18.7. The summed E-state index contributed by atoms with van der Waals surface area (Å²) in [5.74, 6) is 0.957. The van der Waals surface area contributed by atoms with Crippen LogP contribution in [0.25, 0.3) is 28.2 Å². The molecule has 2 aromatic heterocycles. The van der Waals surface area contributed by atoms with Crippen molar-refractivity contribution < 1.29 is 14.3 Å². The molecule has 8 nitrogen and oxygen atoms in total. The van der Waals surface area contributed by atoms with Crippen LogP contribution in [0.2, 0.25) is 10.0 Å². The quantitative estimate of drug-likeness (QED) is 0.424. The summed E-state index contributed by atoms with van der Waals surface area (Å²) < 4.78 is 15.1. The van der Waals surface area contributed by atoms with Gasteiger partial charge in [0.25, 0.3) is 5.91 Å². The molecule has 4 aromatic rings. The lowest BCUT2D eigenvalue weighted by Gasteiger charge is -2.22. The maximum absolute atomic E-state index is 12.9. The van der Waals surface area contributed by atoms with E-state index in [-0.39, 0.29) is 18.2 Å². The van der Waals surface area contributed by atoms with E-state index in [4.69, 9.17) is 32.7 Å². The van der Waals surface area contributed by atoms with Crippen LogP contribution >= 0.6 is 23.2 Å². The van der Waals surface area contributed by atoms with Gasteiger partial charge in [0.2, 0.25) is 0 Å². The van der Waals surface area contributed by atoms with Crippen molar-refractivity contribution in [3.63, 3.8) is 0 Å². The Kier molecular flexibility index (Phi) is 5.71. The van der Waals surface area contributed by atoms with Gasteiger partial charge in [-0.25, -0.2) is 4.68 Å². The molecular formula is C24H21Cl2N5O3. The van der Waals surface area contributed by atoms with Crippen LogP contribution in [-0.2, 0) is 13.7 Å². The molecule has 1 N–H and O–H groups in total. The first-order chi connectivity index (χ1) is 16.4. The summed E-state index contributed by atoms with van der Waals surface area (Å²) in [4.78, 5) is 12.9. The zero-order chi connectivity index (χ0) is 24.0. The van der Waals surface area contributed by atoms with E-state index < -0.39 is 0 Å². The molecule has 0 saturated heterocycles. The molecule has 1 amide bonds. The number of nitrogens with one attached hydrogen (secondary N) is 1. The number of hydrogen-bond acceptors (Lipinski definition) is 5. The van der Waals surface area contributed by atoms with Crippen molar-refractivity contribution in [3.8, 4) is 39.7 Å². The molecule has 0 bridgehead atoms. The van der Waals surface area contributed by atoms with Crippen molar-refractivity contribution in [2.75, 3.05) is 13.7 Å². The van der Waals surface area contributed by atoms with Crippen LogP contribution < -0.4 is 14.8 Å². The Morgan fingerprint density at radius 2 is 1.91 bits per heavy atom. The smallest absolute Gasteiger partial charge is 0.272 e. The largest absolute Gasteiger partial charge is 0.496 e. The van der Waals surface area contributed by atoms with Gasteiger partial charge in [0.05, 0.1) is 24.2 Å². The van der Waals surface area contributed by atoms with Gasteiger partial charge in [-0.3, -0.25) is 9.48 Å². The molecule has 1 aliphatic rings. The fourth-order valence-corrected chi connectivity index (χ4v) is 4.60. The standard InChI is InChI=1S/C24H21Cl2N5O3/c1-4-27-24(32)22-18-12-34-21-11-20(33-3)16(19-5-6-30(2)28-19)10-17(21)23(18)31(29-22)15-8-13(25)7-14(26)9-15/h5-11H,4,12H2,1-3H3,(H,27,32). The minimum atomic E-state index is -0.281. The Hall–Kier alpha value is -3.49. The van der Waals surface area contributed by atoms with Crippen LogP contribution in [0.1, 0.15) is 23.0 Å². The summed E-state index contributed by atoms with van der Waals surface area (Å²) in [5, 5.41) is 12.9. The molecule has 5 rings (SSSR count). The normalized spacial score (nSPS) is 12.0. The number of fused-ring (bicyclic) bond motifs is 3. The molecule has 0 saturated carbocycles. The van der Waals surface area contributed by atoms with E-state index in [9.17, 15) is 4.79 Å². The number of nitrogens with zero attached hydrogens (tertiary/aromatic N) is 4. The molecule has 0 aliphatic carbocycles. The topological polar surface area (TPSA) is 83.2 Å². The number of halogens is 2. The lowest BCUT2D eigenvalue weighted by atomic mass is 9.98. The molecule has 3 heterocycles. The van der Waals surface area contributed by atoms with Gasteiger partial charge in [-0.05, 0) is 37.3 Å². The molecule has 10 heteroatoms. The molecule has 2 aromatic carbocycles. The summed E-state index contributed by atoms with van der Waals surface area (Å²) >= 11 is 12.6. The predicted molar refractivity (Wildman–Crippen MR) is 130 cm³/mol. The summed E-state index contributed by atoms with van der Waals surface area (Å²) in [7, 11) is 3.46. The zero-order valence-corrected chi connectivity index (χ0v) is 20.2. The van der Waals surface area contributed by atoms with E-state index in [1.807, 2.05) is 38.4 Å². The average molecular weight is 498 g/mol. The predicted octanol–water partition coefficient (Wildman–Crippen LogP) is 4.90. The van der Waals surface area contributed by atoms with Crippen LogP contribution in [0.4, 0.5) is 0 Å². The van der Waals surface area contributed by atoms with Gasteiger partial charge in [0.15, 0.2) is 5.69 Å². The van der Waals surface area contributed by atoms with Crippen molar-refractivity contribution in [1.82, 2.24) is 24.9 Å². The molecule has 0 radical (unpaired) electrons. The maximum Gasteiger partial charge on any atom is 0.272 e. The highest BCUT2D eigenvalue weighted by Gasteiger charge is 2.31. The molecule has 1 aliphatic heterocycles. The molecule has 0 fully saturated rings. The first-order valence-corrected chi connectivity index (χ1v) is 11.4. The van der Waals surface area contributed by atoms with E-state index in [0.29, 0.717) is 39.3 Å². The number of benzene rings is 2. The van der Waals surface area contributed by atoms with Gasteiger partial charge in [-0.1, -0.05) is 23.2 Å². The highest BCUT2D eigenvalue weighted by atomic mass is 35.5. The minimum absolute atomic E-state index is 0.176. The van der Waals surface area contributed by atoms with Crippen molar-refractivity contribution in [2.24, 2.45) is 7.05 Å². The average Bonchev–Trinajstić information content (AvgIpc) is 3.41. The Balaban J connectivity index is 1.79. The fraction of sp³-hybridized carbons (Fsp3) is 0.208. The van der Waals surface area contributed by atoms with Gasteiger partial charge < -0.3 is 14.8 Å². The van der Waals surface area contributed by atoms with Crippen molar-refractivity contribution in [3.05, 3.63) is 63.9 Å². The summed E-state index contributed by atoms with van der Waals surface area (Å²) in [5.41, 5.74) is 4.60. The molecule has 0 atom stereocenters. The third-order valence-corrected chi connectivity index (χ3v) is 5.98. The number of rotatable bonds is 5. The second kappa shape index (κ2) is 8.70. The van der Waals surface area contributed by atoms with Crippen LogP contribution in [0.5, 0.6) is 11.5 Å². The first-order valence-electron chi connectivity index (χ1n) is 10.6. The number of hydrogen-bond donors (Lipinski definition) is 1. The van der Waals surface area contributed by atoms with Crippen molar-refractivity contribution in [1.29, 1.82) is 0 Å². The van der Waals surface area contributed by atoms with E-state index in [1.165, 1.54) is 0 Å². The first kappa shape index (κ1) is 22.3. The Labute approximate surface area is 206 Å². The van der Waals surface area contributed by atoms with Gasteiger partial charge in [0.1, 0.15) is 18.1 Å². The van der Waals surface area contributed by atoms with Crippen LogP contribution in [0, 0.1) is 0 Å². The lowest BCUT2D eigenvalue weighted by molar-refractivity contribution is 0.0948. The molecule has 174 valence electrons. The molecule has 0 spiro atoms. The SMILES string of the molecule is CCNC(=O)c1nn(-c2cc(Cl)cc(Cl)c2)c2c1COc1cc(OC)c(-c3ccn(C)n3)cc1-2. The van der Waals surface area contributed by atoms with Crippen molar-refractivity contribution in [2.45, 2.75) is 13.5 Å². The van der Waals surface area contributed by atoms with Crippen molar-refractivity contribution >= 4 is 29.1 Å². The number of aryl methyl sites for hydroxylation is 1. The monoisotopic (exact) mass is 497 g/mol. The minimum Gasteiger partial charge on any atom is -0.496 e. The number of methoxy groups -OCH3 is 1. The van der Waals surface area contributed by atoms with E-state index >= 15 is 0 Å². The third-order valence-electron chi connectivity index (χ3n) is 5.55. The van der Waals surface area contributed by atoms with Gasteiger partial charge in [-0.15, -0.1) is 0 Å². The van der Waals surface area contributed by atoms with E-state index in [2.05, 4.69) is 15.5 Å². The second-order valence-electron chi connectivity index (χ2n) is 7.79. The number of ether oxygens (including phenoxy) is 2. The Bertz CT molecular complexity index is 1410. The van der Waals surface area contributed by atoms with Gasteiger partial charge >= 0.3 is 0 Å². The van der Waals surface area contributed by atoms with E-state index in [0.717, 1.165) is 22.5 Å². The Morgan fingerprint density at radius 1 is 1.15 bits per heavy atom. The number of carbonyl (C=O) groups excluding carboxylic acids is 1. The molecular weight excluding hydrogens is 477 g/mol. The highest BCUT2D eigenvalue weighted by molar-refractivity contribution is 6.34. The number of aromatic nitrogens is 4. The van der Waals surface area contributed by atoms with Gasteiger partial charge in [0, 0.05) is 52.6 Å². The second-order valence-corrected chi connectivity index (χ2v) is 8.66. The summed E-state index contributed by atoms with van der Waals surface area (Å²) in [6, 6.07) is 10.8. The number of amides is 1. The third kappa shape index (κ3) is 3.78. The Morgan fingerprint density at radius 3 is 2.56 bits per heavy atom. The van der Waals surface area contributed by atoms with E-state index in [1.54, 1.807) is 34.7 Å². The summed E-state index contributed by atoms with van der Waals surface area (Å²) in [6.07, 6.45) is 1.86. The van der Waals surface area contributed by atoms with Crippen LogP contribution in [0.15, 0.2) is 42.6 Å². The molecule has 34 heavy (non-hydrogen) atoms. The van der Waals surface area contributed by atoms with Crippen LogP contribution in [-0.4, -0.2) is 39.1 Å². The lowest BCUT2D eigenvalue weighted by Crippen LogP contribution is -2.24. The van der Waals surface area contributed by atoms with Crippen LogP contribution in [0.3, 0.4) is 0 Å². The molecule has 0 unspecified atom stereocenters. The van der Waals surface area contributed by atoms with Gasteiger partial charge in [-0.2, -0.15) is 10.2 Å². The highest BCUT2D eigenvalue weighted by Crippen LogP contribution is 2.45. The fourth-order valence-electron chi connectivity index (χ4n) is 4.08. The summed E-state index contributed by atoms with van der Waals surface area (Å²) in [6.45, 7) is 2.51. The number of carbonyl (C=O) groups is 1. The maximum atomic E-state index is 12.9.